The van der Waals surface area contributed by atoms with Crippen molar-refractivity contribution in [2.45, 2.75) is 57.4 Å². The average Bonchev–Trinajstić information content (AvgIpc) is 2.73. The van der Waals surface area contributed by atoms with Crippen LogP contribution in [0.5, 0.6) is 0 Å². The number of hydrogen-bond acceptors (Lipinski definition) is 1. The molecule has 1 aromatic rings. The minimum absolute atomic E-state index is 0. The summed E-state index contributed by atoms with van der Waals surface area (Å²) < 4.78 is 0. The van der Waals surface area contributed by atoms with Crippen molar-refractivity contribution in [3.05, 3.63) is 35.9 Å². The van der Waals surface area contributed by atoms with Gasteiger partial charge >= 0.3 is 0 Å². The minimum atomic E-state index is 0. The molecule has 0 amide bonds. The maximum atomic E-state index is 5.97. The van der Waals surface area contributed by atoms with Crippen LogP contribution in [0.2, 0.25) is 0 Å². The van der Waals surface area contributed by atoms with E-state index >= 15 is 0 Å². The monoisotopic (exact) mass is 401 g/mol. The van der Waals surface area contributed by atoms with E-state index in [0.717, 1.165) is 19.4 Å². The van der Waals surface area contributed by atoms with Crippen LogP contribution in [0.4, 0.5) is 0 Å². The summed E-state index contributed by atoms with van der Waals surface area (Å²) in [4.78, 5) is 4.45. The number of nitrogens with zero attached hydrogens (tertiary/aromatic N) is 1. The molecule has 3 N–H and O–H groups in total. The van der Waals surface area contributed by atoms with E-state index in [-0.39, 0.29) is 24.0 Å². The number of aryl methyl sites for hydroxylation is 1. The van der Waals surface area contributed by atoms with E-state index in [1.807, 2.05) is 0 Å². The van der Waals surface area contributed by atoms with Crippen LogP contribution in [-0.4, -0.2) is 18.5 Å². The van der Waals surface area contributed by atoms with Crippen LogP contribution in [0.25, 0.3) is 0 Å². The Hall–Kier alpha value is -0.780. The first kappa shape index (κ1) is 18.3. The van der Waals surface area contributed by atoms with Crippen LogP contribution in [0, 0.1) is 0 Å². The van der Waals surface area contributed by atoms with Crippen molar-refractivity contribution in [2.75, 3.05) is 6.54 Å². The first-order valence-electron chi connectivity index (χ1n) is 7.95. The molecule has 1 fully saturated rings. The van der Waals surface area contributed by atoms with Gasteiger partial charge in [0.25, 0.3) is 0 Å². The molecule has 4 heteroatoms. The minimum Gasteiger partial charge on any atom is -0.370 e. The topological polar surface area (TPSA) is 50.4 Å². The van der Waals surface area contributed by atoms with Crippen LogP contribution in [0.1, 0.15) is 50.5 Å². The Kier molecular flexibility index (Phi) is 9.46. The Morgan fingerprint density at radius 2 is 1.76 bits per heavy atom. The number of nitrogens with two attached hydrogens (primary N) is 1. The van der Waals surface area contributed by atoms with Gasteiger partial charge in [0.05, 0.1) is 0 Å². The Morgan fingerprint density at radius 3 is 2.43 bits per heavy atom. The molecule has 0 radical (unpaired) electrons. The van der Waals surface area contributed by atoms with E-state index in [1.165, 1.54) is 44.1 Å². The second-order valence-corrected chi connectivity index (χ2v) is 5.69. The summed E-state index contributed by atoms with van der Waals surface area (Å²) in [6.07, 6.45) is 9.97. The van der Waals surface area contributed by atoms with Crippen molar-refractivity contribution in [1.29, 1.82) is 0 Å². The molecule has 0 saturated heterocycles. The van der Waals surface area contributed by atoms with Gasteiger partial charge in [-0.25, -0.2) is 0 Å². The SMILES string of the molecule is I.NC(=NCCCc1ccccc1)NC1CCCCCC1. The number of rotatable bonds is 5. The van der Waals surface area contributed by atoms with E-state index in [4.69, 9.17) is 5.73 Å². The van der Waals surface area contributed by atoms with Gasteiger partial charge in [0.2, 0.25) is 0 Å². The van der Waals surface area contributed by atoms with E-state index in [0.29, 0.717) is 12.0 Å². The number of aliphatic imine (C=N–C) groups is 1. The molecular weight excluding hydrogens is 373 g/mol. The molecular formula is C17H28IN3. The summed E-state index contributed by atoms with van der Waals surface area (Å²) in [5.41, 5.74) is 7.35. The lowest BCUT2D eigenvalue weighted by atomic mass is 10.1. The lowest BCUT2D eigenvalue weighted by Gasteiger charge is -2.16. The van der Waals surface area contributed by atoms with E-state index in [2.05, 4.69) is 40.6 Å². The number of nitrogens with one attached hydrogen (secondary N) is 1. The maximum Gasteiger partial charge on any atom is 0.188 e. The van der Waals surface area contributed by atoms with Crippen LogP contribution in [0.15, 0.2) is 35.3 Å². The van der Waals surface area contributed by atoms with Gasteiger partial charge in [-0.3, -0.25) is 4.99 Å². The molecule has 0 aromatic heterocycles. The highest BCUT2D eigenvalue weighted by molar-refractivity contribution is 14.0. The molecule has 1 saturated carbocycles. The third-order valence-electron chi connectivity index (χ3n) is 3.96. The van der Waals surface area contributed by atoms with Gasteiger partial charge in [0.15, 0.2) is 5.96 Å². The standard InChI is InChI=1S/C17H27N3.HI/c18-17(20-16-12-6-1-2-7-13-16)19-14-8-11-15-9-4-3-5-10-15;/h3-5,9-10,16H,1-2,6-8,11-14H2,(H3,18,19,20);1H. The molecule has 0 atom stereocenters. The van der Waals surface area contributed by atoms with Crippen molar-refractivity contribution >= 4 is 29.9 Å². The fourth-order valence-corrected chi connectivity index (χ4v) is 2.81. The van der Waals surface area contributed by atoms with Crippen molar-refractivity contribution in [2.24, 2.45) is 10.7 Å². The molecule has 0 spiro atoms. The Bertz CT molecular complexity index is 398. The van der Waals surface area contributed by atoms with Crippen molar-refractivity contribution in [3.8, 4) is 0 Å². The summed E-state index contributed by atoms with van der Waals surface area (Å²) >= 11 is 0. The number of hydrogen-bond donors (Lipinski definition) is 2. The Morgan fingerprint density at radius 1 is 1.10 bits per heavy atom. The quantitative estimate of drug-likeness (QED) is 0.259. The highest BCUT2D eigenvalue weighted by atomic mass is 127. The van der Waals surface area contributed by atoms with Crippen LogP contribution in [-0.2, 0) is 6.42 Å². The lowest BCUT2D eigenvalue weighted by Crippen LogP contribution is -2.39. The van der Waals surface area contributed by atoms with Gasteiger partial charge in [-0.1, -0.05) is 56.0 Å². The largest absolute Gasteiger partial charge is 0.370 e. The highest BCUT2D eigenvalue weighted by Gasteiger charge is 2.11. The lowest BCUT2D eigenvalue weighted by molar-refractivity contribution is 0.530. The highest BCUT2D eigenvalue weighted by Crippen LogP contribution is 2.16. The second-order valence-electron chi connectivity index (χ2n) is 5.69. The molecule has 21 heavy (non-hydrogen) atoms. The zero-order valence-electron chi connectivity index (χ0n) is 12.8. The fourth-order valence-electron chi connectivity index (χ4n) is 2.81. The summed E-state index contributed by atoms with van der Waals surface area (Å²) in [5, 5.41) is 3.39. The molecule has 0 unspecified atom stereocenters. The molecule has 2 rings (SSSR count). The predicted octanol–water partition coefficient (Wildman–Crippen LogP) is 3.86. The number of halogens is 1. The molecule has 1 aromatic carbocycles. The van der Waals surface area contributed by atoms with Gasteiger partial charge < -0.3 is 11.1 Å². The van der Waals surface area contributed by atoms with Crippen molar-refractivity contribution < 1.29 is 0 Å². The average molecular weight is 401 g/mol. The summed E-state index contributed by atoms with van der Waals surface area (Å²) in [5.74, 6) is 0.630. The van der Waals surface area contributed by atoms with Crippen molar-refractivity contribution in [1.82, 2.24) is 5.32 Å². The van der Waals surface area contributed by atoms with Gasteiger partial charge in [0, 0.05) is 12.6 Å². The Labute approximate surface area is 145 Å². The van der Waals surface area contributed by atoms with Crippen LogP contribution >= 0.6 is 24.0 Å². The summed E-state index contributed by atoms with van der Waals surface area (Å²) in [6.45, 7) is 0.806. The summed E-state index contributed by atoms with van der Waals surface area (Å²) in [7, 11) is 0. The van der Waals surface area contributed by atoms with Crippen molar-refractivity contribution in [3.63, 3.8) is 0 Å². The molecule has 118 valence electrons. The molecule has 0 heterocycles. The van der Waals surface area contributed by atoms with E-state index < -0.39 is 0 Å². The Balaban J connectivity index is 0.00000220. The number of benzene rings is 1. The fraction of sp³-hybridized carbons (Fsp3) is 0.588. The molecule has 0 bridgehead atoms. The maximum absolute atomic E-state index is 5.97. The molecule has 3 nitrogen and oxygen atoms in total. The smallest absolute Gasteiger partial charge is 0.188 e. The molecule has 1 aliphatic rings. The zero-order valence-corrected chi connectivity index (χ0v) is 15.1. The third-order valence-corrected chi connectivity index (χ3v) is 3.96. The molecule has 0 aliphatic heterocycles. The van der Waals surface area contributed by atoms with Crippen LogP contribution in [0.3, 0.4) is 0 Å². The second kappa shape index (κ2) is 10.9. The first-order valence-corrected chi connectivity index (χ1v) is 7.95. The third kappa shape index (κ3) is 7.69. The van der Waals surface area contributed by atoms with E-state index in [9.17, 15) is 0 Å². The van der Waals surface area contributed by atoms with Gasteiger partial charge in [0.1, 0.15) is 0 Å². The summed E-state index contributed by atoms with van der Waals surface area (Å²) in [6, 6.07) is 11.1. The van der Waals surface area contributed by atoms with Crippen LogP contribution < -0.4 is 11.1 Å². The predicted molar refractivity (Wildman–Crippen MR) is 101 cm³/mol. The zero-order chi connectivity index (χ0) is 14.0. The van der Waals surface area contributed by atoms with Gasteiger partial charge in [-0.05, 0) is 31.2 Å². The first-order chi connectivity index (χ1) is 9.84. The normalized spacial score (nSPS) is 16.9. The molecule has 1 aliphatic carbocycles. The number of guanidine groups is 1. The van der Waals surface area contributed by atoms with Gasteiger partial charge in [-0.15, -0.1) is 24.0 Å². The van der Waals surface area contributed by atoms with E-state index in [1.54, 1.807) is 0 Å². The van der Waals surface area contributed by atoms with Gasteiger partial charge in [-0.2, -0.15) is 0 Å².